The maximum atomic E-state index is 10.9. The molecular weight excluding hydrogens is 338 g/mol. The van der Waals surface area contributed by atoms with Crippen LogP contribution in [0.25, 0.3) is 0 Å². The molecular formula is C15H14BrNO4. The number of hydrogen-bond acceptors (Lipinski definition) is 4. The second-order valence-corrected chi connectivity index (χ2v) is 5.48. The monoisotopic (exact) mass is 351 g/mol. The molecule has 110 valence electrons. The van der Waals surface area contributed by atoms with E-state index in [1.807, 2.05) is 0 Å². The van der Waals surface area contributed by atoms with Gasteiger partial charge < -0.3 is 9.84 Å². The Morgan fingerprint density at radius 1 is 1.29 bits per heavy atom. The highest BCUT2D eigenvalue weighted by molar-refractivity contribution is 9.10. The van der Waals surface area contributed by atoms with Gasteiger partial charge in [-0.2, -0.15) is 0 Å². The third kappa shape index (κ3) is 3.40. The van der Waals surface area contributed by atoms with Gasteiger partial charge in [0.25, 0.3) is 5.69 Å². The van der Waals surface area contributed by atoms with Gasteiger partial charge in [-0.1, -0.05) is 12.1 Å². The van der Waals surface area contributed by atoms with Crippen LogP contribution in [0.5, 0.6) is 11.5 Å². The predicted molar refractivity (Wildman–Crippen MR) is 82.7 cm³/mol. The van der Waals surface area contributed by atoms with Crippen LogP contribution in [0, 0.1) is 17.0 Å². The Labute approximate surface area is 130 Å². The Hall–Kier alpha value is -1.92. The average molecular weight is 352 g/mol. The second kappa shape index (κ2) is 6.24. The third-order valence-electron chi connectivity index (χ3n) is 3.11. The molecule has 0 saturated carbocycles. The Balaban J connectivity index is 2.35. The van der Waals surface area contributed by atoms with E-state index in [1.54, 1.807) is 44.2 Å². The summed E-state index contributed by atoms with van der Waals surface area (Å²) >= 11 is 3.37. The molecule has 1 N–H and O–H groups in total. The minimum atomic E-state index is -0.574. The van der Waals surface area contributed by atoms with Crippen molar-refractivity contribution in [3.05, 3.63) is 62.1 Å². The largest absolute Gasteiger partial charge is 0.456 e. The smallest absolute Gasteiger partial charge is 0.276 e. The van der Waals surface area contributed by atoms with E-state index in [0.717, 1.165) is 5.56 Å². The maximum Gasteiger partial charge on any atom is 0.276 e. The highest BCUT2D eigenvalue weighted by Crippen LogP contribution is 2.35. The van der Waals surface area contributed by atoms with Gasteiger partial charge in [-0.25, -0.2) is 0 Å². The van der Waals surface area contributed by atoms with Crippen LogP contribution in [0.15, 0.2) is 40.9 Å². The quantitative estimate of drug-likeness (QED) is 0.649. The number of aliphatic hydroxyl groups is 1. The Bertz CT molecular complexity index is 685. The lowest BCUT2D eigenvalue weighted by molar-refractivity contribution is -0.385. The average Bonchev–Trinajstić information content (AvgIpc) is 2.42. The summed E-state index contributed by atoms with van der Waals surface area (Å²) < 4.78 is 6.41. The van der Waals surface area contributed by atoms with Gasteiger partial charge in [0, 0.05) is 6.07 Å². The lowest BCUT2D eigenvalue weighted by atomic mass is 10.1. The van der Waals surface area contributed by atoms with E-state index in [2.05, 4.69) is 15.9 Å². The van der Waals surface area contributed by atoms with Crippen molar-refractivity contribution in [1.82, 2.24) is 0 Å². The summed E-state index contributed by atoms with van der Waals surface area (Å²) in [5.74, 6) is 0.956. The number of nitro groups is 1. The van der Waals surface area contributed by atoms with E-state index in [4.69, 9.17) is 4.74 Å². The van der Waals surface area contributed by atoms with Crippen LogP contribution in [0.2, 0.25) is 0 Å². The fourth-order valence-corrected chi connectivity index (χ4v) is 2.37. The SMILES string of the molecule is Cc1c(Oc2ccc([C@@H](C)O)cc2Br)cccc1[N+](=O)[O-]. The van der Waals surface area contributed by atoms with Crippen LogP contribution in [-0.2, 0) is 0 Å². The normalized spacial score (nSPS) is 12.0. The van der Waals surface area contributed by atoms with Gasteiger partial charge in [0.15, 0.2) is 0 Å². The van der Waals surface area contributed by atoms with Gasteiger partial charge in [-0.05, 0) is 53.5 Å². The van der Waals surface area contributed by atoms with Gasteiger partial charge in [0.1, 0.15) is 11.5 Å². The molecule has 0 aliphatic rings. The number of hydrogen-bond donors (Lipinski definition) is 1. The Morgan fingerprint density at radius 2 is 2.00 bits per heavy atom. The molecule has 2 aromatic carbocycles. The Kier molecular flexibility index (Phi) is 4.59. The van der Waals surface area contributed by atoms with E-state index in [9.17, 15) is 15.2 Å². The van der Waals surface area contributed by atoms with Gasteiger partial charge in [-0.15, -0.1) is 0 Å². The van der Waals surface area contributed by atoms with Crippen molar-refractivity contribution in [1.29, 1.82) is 0 Å². The lowest BCUT2D eigenvalue weighted by Gasteiger charge is -2.12. The predicted octanol–water partition coefficient (Wildman–Crippen LogP) is 4.51. The van der Waals surface area contributed by atoms with Crippen molar-refractivity contribution >= 4 is 21.6 Å². The van der Waals surface area contributed by atoms with Crippen LogP contribution in [-0.4, -0.2) is 10.0 Å². The molecule has 0 spiro atoms. The molecule has 0 aromatic heterocycles. The minimum Gasteiger partial charge on any atom is -0.456 e. The van der Waals surface area contributed by atoms with E-state index in [0.29, 0.717) is 21.5 Å². The summed E-state index contributed by atoms with van der Waals surface area (Å²) in [4.78, 5) is 10.5. The van der Waals surface area contributed by atoms with Gasteiger partial charge in [0.2, 0.25) is 0 Å². The first kappa shape index (κ1) is 15.5. The zero-order chi connectivity index (χ0) is 15.6. The molecule has 2 rings (SSSR count). The van der Waals surface area contributed by atoms with Gasteiger partial charge in [-0.3, -0.25) is 10.1 Å². The minimum absolute atomic E-state index is 0.0178. The Morgan fingerprint density at radius 3 is 2.57 bits per heavy atom. The number of ether oxygens (including phenoxy) is 1. The summed E-state index contributed by atoms with van der Waals surface area (Å²) in [5, 5.41) is 20.5. The first-order valence-corrected chi connectivity index (χ1v) is 7.09. The number of aliphatic hydroxyl groups excluding tert-OH is 1. The summed E-state index contributed by atoms with van der Waals surface area (Å²) in [6, 6.07) is 9.91. The van der Waals surface area contributed by atoms with E-state index in [1.165, 1.54) is 6.07 Å². The summed E-state index contributed by atoms with van der Waals surface area (Å²) in [7, 11) is 0. The van der Waals surface area contributed by atoms with Crippen molar-refractivity contribution in [3.8, 4) is 11.5 Å². The molecule has 1 atom stereocenters. The van der Waals surface area contributed by atoms with Gasteiger partial charge in [0.05, 0.1) is 21.1 Å². The highest BCUT2D eigenvalue weighted by Gasteiger charge is 2.15. The number of rotatable bonds is 4. The van der Waals surface area contributed by atoms with Crippen LogP contribution in [0.3, 0.4) is 0 Å². The number of nitro benzene ring substituents is 1. The number of nitrogens with zero attached hydrogens (tertiary/aromatic N) is 1. The van der Waals surface area contributed by atoms with Crippen LogP contribution < -0.4 is 4.74 Å². The van der Waals surface area contributed by atoms with Gasteiger partial charge >= 0.3 is 0 Å². The zero-order valence-corrected chi connectivity index (χ0v) is 13.1. The number of halogens is 1. The molecule has 0 saturated heterocycles. The van der Waals surface area contributed by atoms with E-state index >= 15 is 0 Å². The van der Waals surface area contributed by atoms with Crippen molar-refractivity contribution in [2.24, 2.45) is 0 Å². The van der Waals surface area contributed by atoms with Crippen LogP contribution in [0.1, 0.15) is 24.2 Å². The van der Waals surface area contributed by atoms with Crippen molar-refractivity contribution < 1.29 is 14.8 Å². The van der Waals surface area contributed by atoms with Crippen LogP contribution in [0.4, 0.5) is 5.69 Å². The summed E-state index contributed by atoms with van der Waals surface area (Å²) in [6.45, 7) is 3.32. The molecule has 0 radical (unpaired) electrons. The lowest BCUT2D eigenvalue weighted by Crippen LogP contribution is -1.96. The molecule has 21 heavy (non-hydrogen) atoms. The summed E-state index contributed by atoms with van der Waals surface area (Å²) in [6.07, 6.45) is -0.574. The molecule has 5 nitrogen and oxygen atoms in total. The first-order valence-electron chi connectivity index (χ1n) is 6.29. The van der Waals surface area contributed by atoms with E-state index < -0.39 is 11.0 Å². The standard InChI is InChI=1S/C15H14BrNO4/c1-9-13(17(19)20)4-3-5-14(9)21-15-7-6-11(10(2)18)8-12(15)16/h3-8,10,18H,1-2H3/t10-/m1/s1. The summed E-state index contributed by atoms with van der Waals surface area (Å²) in [5.41, 5.74) is 1.24. The fourth-order valence-electron chi connectivity index (χ4n) is 1.89. The molecule has 6 heteroatoms. The van der Waals surface area contributed by atoms with E-state index in [-0.39, 0.29) is 5.69 Å². The second-order valence-electron chi connectivity index (χ2n) is 4.63. The fraction of sp³-hybridized carbons (Fsp3) is 0.200. The molecule has 0 bridgehead atoms. The van der Waals surface area contributed by atoms with Crippen molar-refractivity contribution in [2.75, 3.05) is 0 Å². The first-order chi connectivity index (χ1) is 9.90. The third-order valence-corrected chi connectivity index (χ3v) is 3.73. The molecule has 0 aliphatic heterocycles. The molecule has 0 heterocycles. The molecule has 0 aliphatic carbocycles. The molecule has 0 amide bonds. The maximum absolute atomic E-state index is 10.9. The van der Waals surface area contributed by atoms with Crippen LogP contribution >= 0.6 is 15.9 Å². The van der Waals surface area contributed by atoms with Crippen molar-refractivity contribution in [3.63, 3.8) is 0 Å². The highest BCUT2D eigenvalue weighted by atomic mass is 79.9. The zero-order valence-electron chi connectivity index (χ0n) is 11.5. The topological polar surface area (TPSA) is 72.6 Å². The molecule has 0 unspecified atom stereocenters. The van der Waals surface area contributed by atoms with Crippen molar-refractivity contribution in [2.45, 2.75) is 20.0 Å². The molecule has 0 fully saturated rings. The number of benzene rings is 2. The molecule has 2 aromatic rings.